The molecule has 2 N–H and O–H groups in total. The van der Waals surface area contributed by atoms with Gasteiger partial charge in [0.1, 0.15) is 0 Å². The van der Waals surface area contributed by atoms with Gasteiger partial charge in [0.05, 0.1) is 6.61 Å². The molecule has 10 heavy (non-hydrogen) atoms. The third-order valence-corrected chi connectivity index (χ3v) is 2.26. The Hall–Kier alpha value is -0.0551. The minimum absolute atomic E-state index is 0.0168. The third kappa shape index (κ3) is 1.33. The monoisotopic (exact) mass is 144 g/mol. The van der Waals surface area contributed by atoms with E-state index < -0.39 is 7.12 Å². The Kier molecular flexibility index (Phi) is 2.03. The van der Waals surface area contributed by atoms with E-state index in [2.05, 4.69) is 0 Å². The van der Waals surface area contributed by atoms with Crippen LogP contribution in [-0.2, 0) is 4.74 Å². The van der Waals surface area contributed by atoms with Gasteiger partial charge in [0, 0.05) is 12.9 Å². The lowest BCUT2D eigenvalue weighted by Gasteiger charge is -2.07. The van der Waals surface area contributed by atoms with Gasteiger partial charge < -0.3 is 14.8 Å². The lowest BCUT2D eigenvalue weighted by molar-refractivity contribution is 0.148. The van der Waals surface area contributed by atoms with E-state index in [0.29, 0.717) is 6.61 Å². The average Bonchev–Trinajstić information content (AvgIpc) is 2.43. The van der Waals surface area contributed by atoms with Crippen LogP contribution in [0.1, 0.15) is 13.3 Å². The standard InChI is InChI=1S/C6H13BO3/c1-6(4-10-2)3-5(6)7(8)9/h5,8-9H,3-4H2,1-2H3/t5-,6+/m0/s1. The highest BCUT2D eigenvalue weighted by molar-refractivity contribution is 6.44. The topological polar surface area (TPSA) is 49.7 Å². The van der Waals surface area contributed by atoms with Gasteiger partial charge in [-0.1, -0.05) is 6.92 Å². The predicted octanol–water partition coefficient (Wildman–Crippen LogP) is -0.114. The first-order chi connectivity index (χ1) is 4.60. The summed E-state index contributed by atoms with van der Waals surface area (Å²) in [4.78, 5) is 0. The van der Waals surface area contributed by atoms with Crippen molar-refractivity contribution in [3.8, 4) is 0 Å². The van der Waals surface area contributed by atoms with E-state index in [1.807, 2.05) is 6.92 Å². The van der Waals surface area contributed by atoms with Gasteiger partial charge >= 0.3 is 7.12 Å². The van der Waals surface area contributed by atoms with Crippen LogP contribution >= 0.6 is 0 Å². The van der Waals surface area contributed by atoms with Gasteiger partial charge in [-0.05, 0) is 11.8 Å². The summed E-state index contributed by atoms with van der Waals surface area (Å²) < 4.78 is 4.93. The minimum atomic E-state index is -1.17. The van der Waals surface area contributed by atoms with Crippen molar-refractivity contribution in [2.75, 3.05) is 13.7 Å². The van der Waals surface area contributed by atoms with Crippen LogP contribution in [0.5, 0.6) is 0 Å². The number of hydrogen-bond donors (Lipinski definition) is 2. The quantitative estimate of drug-likeness (QED) is 0.543. The van der Waals surface area contributed by atoms with Crippen molar-refractivity contribution < 1.29 is 14.8 Å². The molecule has 1 aliphatic carbocycles. The van der Waals surface area contributed by atoms with Crippen LogP contribution < -0.4 is 0 Å². The Balaban J connectivity index is 2.33. The number of hydrogen-bond acceptors (Lipinski definition) is 3. The van der Waals surface area contributed by atoms with Crippen molar-refractivity contribution in [1.82, 2.24) is 0 Å². The molecule has 2 atom stereocenters. The first-order valence-electron chi connectivity index (χ1n) is 3.45. The van der Waals surface area contributed by atoms with E-state index in [0.717, 1.165) is 6.42 Å². The molecule has 0 bridgehead atoms. The summed E-state index contributed by atoms with van der Waals surface area (Å²) >= 11 is 0. The van der Waals surface area contributed by atoms with E-state index in [4.69, 9.17) is 14.8 Å². The van der Waals surface area contributed by atoms with Crippen LogP contribution in [0.3, 0.4) is 0 Å². The zero-order chi connectivity index (χ0) is 7.78. The largest absolute Gasteiger partial charge is 0.455 e. The van der Waals surface area contributed by atoms with E-state index in [9.17, 15) is 0 Å². The molecule has 0 aromatic carbocycles. The maximum Gasteiger partial charge on any atom is 0.455 e. The second kappa shape index (κ2) is 2.53. The molecule has 1 aliphatic rings. The van der Waals surface area contributed by atoms with Gasteiger partial charge in [0.25, 0.3) is 0 Å². The van der Waals surface area contributed by atoms with Crippen molar-refractivity contribution in [2.45, 2.75) is 19.2 Å². The van der Waals surface area contributed by atoms with Crippen molar-refractivity contribution in [1.29, 1.82) is 0 Å². The molecule has 0 amide bonds. The fourth-order valence-electron chi connectivity index (χ4n) is 1.40. The summed E-state index contributed by atoms with van der Waals surface area (Å²) in [5, 5.41) is 17.5. The summed E-state index contributed by atoms with van der Waals surface area (Å²) in [6, 6.07) is 0. The number of methoxy groups -OCH3 is 1. The van der Waals surface area contributed by atoms with Crippen molar-refractivity contribution in [2.24, 2.45) is 5.41 Å². The zero-order valence-corrected chi connectivity index (χ0v) is 6.37. The van der Waals surface area contributed by atoms with Gasteiger partial charge in [-0.15, -0.1) is 0 Å². The fourth-order valence-corrected chi connectivity index (χ4v) is 1.40. The SMILES string of the molecule is COC[C@@]1(C)C[C@@H]1B(O)O. The van der Waals surface area contributed by atoms with Crippen LogP contribution in [0.2, 0.25) is 5.82 Å². The molecule has 0 radical (unpaired) electrons. The molecule has 1 saturated carbocycles. The molecule has 1 fully saturated rings. The van der Waals surface area contributed by atoms with Gasteiger partial charge in [-0.25, -0.2) is 0 Å². The molecule has 3 nitrogen and oxygen atoms in total. The van der Waals surface area contributed by atoms with Crippen molar-refractivity contribution in [3.05, 3.63) is 0 Å². The average molecular weight is 144 g/mol. The highest BCUT2D eigenvalue weighted by Gasteiger charge is 2.55. The predicted molar refractivity (Wildman–Crippen MR) is 38.5 cm³/mol. The normalized spacial score (nSPS) is 37.8. The summed E-state index contributed by atoms with van der Waals surface area (Å²) in [7, 11) is 0.463. The van der Waals surface area contributed by atoms with Crippen LogP contribution in [0.4, 0.5) is 0 Å². The zero-order valence-electron chi connectivity index (χ0n) is 6.37. The summed E-state index contributed by atoms with van der Waals surface area (Å²) in [6.07, 6.45) is 0.860. The highest BCUT2D eigenvalue weighted by Crippen LogP contribution is 2.58. The third-order valence-electron chi connectivity index (χ3n) is 2.26. The Morgan fingerprint density at radius 1 is 1.70 bits per heavy atom. The van der Waals surface area contributed by atoms with Crippen LogP contribution in [0.15, 0.2) is 0 Å². The molecular weight excluding hydrogens is 131 g/mol. The molecule has 1 rings (SSSR count). The van der Waals surface area contributed by atoms with E-state index in [1.165, 1.54) is 0 Å². The summed E-state index contributed by atoms with van der Waals surface area (Å²) in [5.74, 6) is 0.0208. The fraction of sp³-hybridized carbons (Fsp3) is 1.00. The maximum atomic E-state index is 8.75. The lowest BCUT2D eigenvalue weighted by atomic mass is 9.79. The van der Waals surface area contributed by atoms with E-state index in [-0.39, 0.29) is 11.2 Å². The molecule has 4 heteroatoms. The molecule has 0 aromatic rings. The van der Waals surface area contributed by atoms with E-state index >= 15 is 0 Å². The molecule has 0 heterocycles. The Morgan fingerprint density at radius 3 is 2.60 bits per heavy atom. The molecule has 0 unspecified atom stereocenters. The Labute approximate surface area is 61.2 Å². The van der Waals surface area contributed by atoms with E-state index in [1.54, 1.807) is 7.11 Å². The molecule has 0 aromatic heterocycles. The lowest BCUT2D eigenvalue weighted by Crippen LogP contribution is -2.17. The molecular formula is C6H13BO3. The highest BCUT2D eigenvalue weighted by atomic mass is 16.5. The van der Waals surface area contributed by atoms with Crippen LogP contribution in [0.25, 0.3) is 0 Å². The van der Waals surface area contributed by atoms with Gasteiger partial charge in [0.2, 0.25) is 0 Å². The van der Waals surface area contributed by atoms with Gasteiger partial charge in [-0.2, -0.15) is 0 Å². The first kappa shape index (κ1) is 8.05. The Morgan fingerprint density at radius 2 is 2.30 bits per heavy atom. The first-order valence-corrected chi connectivity index (χ1v) is 3.45. The molecule has 58 valence electrons. The Bertz CT molecular complexity index is 128. The van der Waals surface area contributed by atoms with Crippen LogP contribution in [0, 0.1) is 5.41 Å². The molecule has 0 spiro atoms. The maximum absolute atomic E-state index is 8.75. The summed E-state index contributed by atoms with van der Waals surface area (Å²) in [6.45, 7) is 2.62. The van der Waals surface area contributed by atoms with Gasteiger partial charge in [-0.3, -0.25) is 0 Å². The van der Waals surface area contributed by atoms with Crippen molar-refractivity contribution in [3.63, 3.8) is 0 Å². The minimum Gasteiger partial charge on any atom is -0.427 e. The molecule has 0 aliphatic heterocycles. The van der Waals surface area contributed by atoms with Crippen LogP contribution in [-0.4, -0.2) is 30.9 Å². The smallest absolute Gasteiger partial charge is 0.427 e. The number of ether oxygens (including phenoxy) is 1. The second-order valence-electron chi connectivity index (χ2n) is 3.31. The number of rotatable bonds is 3. The van der Waals surface area contributed by atoms with Gasteiger partial charge in [0.15, 0.2) is 0 Å². The van der Waals surface area contributed by atoms with Crippen molar-refractivity contribution >= 4 is 7.12 Å². The second-order valence-corrected chi connectivity index (χ2v) is 3.31. The molecule has 0 saturated heterocycles. The summed E-state index contributed by atoms with van der Waals surface area (Å²) in [5.41, 5.74) is 0.0168.